The summed E-state index contributed by atoms with van der Waals surface area (Å²) in [5.41, 5.74) is 3.17. The number of amides is 1. The molecule has 1 aromatic carbocycles. The number of halogens is 1. The van der Waals surface area contributed by atoms with Crippen LogP contribution in [0.15, 0.2) is 47.7 Å². The van der Waals surface area contributed by atoms with Gasteiger partial charge >= 0.3 is 0 Å². The summed E-state index contributed by atoms with van der Waals surface area (Å²) >= 11 is 5.73. The maximum absolute atomic E-state index is 11.4. The topological polar surface area (TPSA) is 66.5 Å². The summed E-state index contributed by atoms with van der Waals surface area (Å²) in [6, 6.07) is 10.4. The van der Waals surface area contributed by atoms with Gasteiger partial charge < -0.3 is 9.72 Å². The van der Waals surface area contributed by atoms with Crippen molar-refractivity contribution in [1.29, 1.82) is 0 Å². The van der Waals surface area contributed by atoms with Crippen LogP contribution in [0.3, 0.4) is 0 Å². The Morgan fingerprint density at radius 3 is 2.84 bits per heavy atom. The van der Waals surface area contributed by atoms with Gasteiger partial charge in [0.05, 0.1) is 11.9 Å². The zero-order valence-electron chi connectivity index (χ0n) is 9.97. The van der Waals surface area contributed by atoms with Crippen LogP contribution in [-0.4, -0.2) is 23.7 Å². The number of hydrogen-bond acceptors (Lipinski definition) is 3. The number of aromatic amines is 1. The second-order valence-electron chi connectivity index (χ2n) is 3.66. The highest BCUT2D eigenvalue weighted by atomic mass is 35.5. The average Bonchev–Trinajstić information content (AvgIpc) is 2.91. The van der Waals surface area contributed by atoms with Gasteiger partial charge in [0.2, 0.25) is 0 Å². The van der Waals surface area contributed by atoms with Crippen LogP contribution < -0.4 is 10.2 Å². The highest BCUT2D eigenvalue weighted by molar-refractivity contribution is 6.30. The maximum atomic E-state index is 11.4. The smallest absolute Gasteiger partial charge is 0.277 e. The van der Waals surface area contributed by atoms with Gasteiger partial charge in [0.15, 0.2) is 6.61 Å². The quantitative estimate of drug-likeness (QED) is 0.650. The minimum atomic E-state index is -0.335. The van der Waals surface area contributed by atoms with Crippen LogP contribution in [-0.2, 0) is 4.79 Å². The molecule has 2 aromatic rings. The molecule has 6 heteroatoms. The molecular formula is C13H12ClN3O2. The van der Waals surface area contributed by atoms with Crippen LogP contribution in [0, 0.1) is 0 Å². The minimum absolute atomic E-state index is 0.107. The molecule has 0 unspecified atom stereocenters. The predicted molar refractivity (Wildman–Crippen MR) is 73.5 cm³/mol. The molecule has 1 heterocycles. The van der Waals surface area contributed by atoms with Crippen LogP contribution in [0.4, 0.5) is 0 Å². The largest absolute Gasteiger partial charge is 0.484 e. The highest BCUT2D eigenvalue weighted by Gasteiger charge is 2.01. The van der Waals surface area contributed by atoms with E-state index in [-0.39, 0.29) is 12.5 Å². The molecule has 0 saturated heterocycles. The lowest BCUT2D eigenvalue weighted by molar-refractivity contribution is -0.123. The molecule has 0 fully saturated rings. The first-order valence-corrected chi connectivity index (χ1v) is 5.95. The zero-order chi connectivity index (χ0) is 13.5. The predicted octanol–water partition coefficient (Wildman–Crippen LogP) is 2.20. The second kappa shape index (κ2) is 6.61. The highest BCUT2D eigenvalue weighted by Crippen LogP contribution is 2.15. The standard InChI is InChI=1S/C13H12ClN3O2/c14-10-3-5-12(6-4-10)19-9-13(18)17-16-8-11-2-1-7-15-11/h1-8,15H,9H2,(H,17,18)/b16-8-. The summed E-state index contributed by atoms with van der Waals surface area (Å²) < 4.78 is 5.26. The molecule has 5 nitrogen and oxygen atoms in total. The van der Waals surface area contributed by atoms with E-state index in [0.717, 1.165) is 5.69 Å². The fourth-order valence-electron chi connectivity index (χ4n) is 1.31. The molecular weight excluding hydrogens is 266 g/mol. The summed E-state index contributed by atoms with van der Waals surface area (Å²) in [4.78, 5) is 14.4. The Bertz CT molecular complexity index is 550. The number of nitrogens with one attached hydrogen (secondary N) is 2. The summed E-state index contributed by atoms with van der Waals surface area (Å²) in [6.07, 6.45) is 3.28. The number of hydrogen-bond donors (Lipinski definition) is 2. The molecule has 1 aromatic heterocycles. The van der Waals surface area contributed by atoms with Crippen LogP contribution >= 0.6 is 11.6 Å². The van der Waals surface area contributed by atoms with Gasteiger partial charge in [-0.15, -0.1) is 0 Å². The lowest BCUT2D eigenvalue weighted by Gasteiger charge is -2.04. The Balaban J connectivity index is 1.74. The Labute approximate surface area is 115 Å². The first kappa shape index (κ1) is 13.2. The van der Waals surface area contributed by atoms with E-state index in [1.165, 1.54) is 6.21 Å². The van der Waals surface area contributed by atoms with Crippen molar-refractivity contribution < 1.29 is 9.53 Å². The van der Waals surface area contributed by atoms with Crippen LogP contribution in [0.1, 0.15) is 5.69 Å². The number of aromatic nitrogens is 1. The SMILES string of the molecule is O=C(COc1ccc(Cl)cc1)N/N=C\c1ccc[nH]1. The minimum Gasteiger partial charge on any atom is -0.484 e. The van der Waals surface area contributed by atoms with Crippen molar-refractivity contribution in [1.82, 2.24) is 10.4 Å². The lowest BCUT2D eigenvalue weighted by atomic mass is 10.3. The van der Waals surface area contributed by atoms with Crippen LogP contribution in [0.2, 0.25) is 5.02 Å². The average molecular weight is 278 g/mol. The van der Waals surface area contributed by atoms with Crippen molar-refractivity contribution in [3.63, 3.8) is 0 Å². The Hall–Kier alpha value is -2.27. The summed E-state index contributed by atoms with van der Waals surface area (Å²) in [7, 11) is 0. The van der Waals surface area contributed by atoms with Gasteiger partial charge in [0.25, 0.3) is 5.91 Å². The molecule has 0 atom stereocenters. The summed E-state index contributed by atoms with van der Waals surface area (Å²) in [5, 5.41) is 4.40. The van der Waals surface area contributed by atoms with Crippen molar-refractivity contribution in [2.45, 2.75) is 0 Å². The molecule has 0 aliphatic heterocycles. The molecule has 1 amide bonds. The van der Waals surface area contributed by atoms with Crippen molar-refractivity contribution in [3.8, 4) is 5.75 Å². The fourth-order valence-corrected chi connectivity index (χ4v) is 1.44. The van der Waals surface area contributed by atoms with Crippen LogP contribution in [0.5, 0.6) is 5.75 Å². The Morgan fingerprint density at radius 1 is 1.37 bits per heavy atom. The molecule has 0 bridgehead atoms. The van der Waals surface area contributed by atoms with Gasteiger partial charge in [-0.3, -0.25) is 4.79 Å². The van der Waals surface area contributed by atoms with Gasteiger partial charge in [-0.1, -0.05) is 11.6 Å². The fraction of sp³-hybridized carbons (Fsp3) is 0.0769. The number of nitrogens with zero attached hydrogens (tertiary/aromatic N) is 1. The van der Waals surface area contributed by atoms with Crippen molar-refractivity contribution in [3.05, 3.63) is 53.3 Å². The van der Waals surface area contributed by atoms with E-state index in [1.807, 2.05) is 12.1 Å². The van der Waals surface area contributed by atoms with Crippen molar-refractivity contribution >= 4 is 23.7 Å². The van der Waals surface area contributed by atoms with Gasteiger partial charge in [-0.25, -0.2) is 5.43 Å². The number of rotatable bonds is 5. The third-order valence-corrected chi connectivity index (χ3v) is 2.45. The van der Waals surface area contributed by atoms with E-state index < -0.39 is 0 Å². The molecule has 0 saturated carbocycles. The van der Waals surface area contributed by atoms with Crippen LogP contribution in [0.25, 0.3) is 0 Å². The maximum Gasteiger partial charge on any atom is 0.277 e. The van der Waals surface area contributed by atoms with Crippen molar-refractivity contribution in [2.24, 2.45) is 5.10 Å². The molecule has 2 N–H and O–H groups in total. The molecule has 2 rings (SSSR count). The number of H-pyrrole nitrogens is 1. The molecule has 0 aliphatic rings. The van der Waals surface area contributed by atoms with Gasteiger partial charge in [0, 0.05) is 11.2 Å². The molecule has 19 heavy (non-hydrogen) atoms. The van der Waals surface area contributed by atoms with Crippen molar-refractivity contribution in [2.75, 3.05) is 6.61 Å². The molecule has 0 radical (unpaired) electrons. The number of ether oxygens (including phenoxy) is 1. The Kier molecular flexibility index (Phi) is 4.58. The lowest BCUT2D eigenvalue weighted by Crippen LogP contribution is -2.24. The van der Waals surface area contributed by atoms with Gasteiger partial charge in [0.1, 0.15) is 5.75 Å². The number of carbonyl (C=O) groups is 1. The second-order valence-corrected chi connectivity index (χ2v) is 4.10. The number of hydrazone groups is 1. The van der Waals surface area contributed by atoms with Gasteiger partial charge in [-0.05, 0) is 36.4 Å². The zero-order valence-corrected chi connectivity index (χ0v) is 10.7. The van der Waals surface area contributed by atoms with E-state index >= 15 is 0 Å². The third-order valence-electron chi connectivity index (χ3n) is 2.20. The third kappa shape index (κ3) is 4.48. The normalized spacial score (nSPS) is 10.6. The van der Waals surface area contributed by atoms with E-state index in [1.54, 1.807) is 30.5 Å². The first-order chi connectivity index (χ1) is 9.24. The number of carbonyl (C=O) groups excluding carboxylic acids is 1. The molecule has 0 aliphatic carbocycles. The summed E-state index contributed by atoms with van der Waals surface area (Å²) in [6.45, 7) is -0.107. The van der Waals surface area contributed by atoms with E-state index in [4.69, 9.17) is 16.3 Å². The molecule has 98 valence electrons. The monoisotopic (exact) mass is 277 g/mol. The van der Waals surface area contributed by atoms with E-state index in [9.17, 15) is 4.79 Å². The summed E-state index contributed by atoms with van der Waals surface area (Å²) in [5.74, 6) is 0.241. The first-order valence-electron chi connectivity index (χ1n) is 5.58. The Morgan fingerprint density at radius 2 is 2.16 bits per heavy atom. The van der Waals surface area contributed by atoms with E-state index in [0.29, 0.717) is 10.8 Å². The van der Waals surface area contributed by atoms with Gasteiger partial charge in [-0.2, -0.15) is 5.10 Å². The number of benzene rings is 1. The van der Waals surface area contributed by atoms with E-state index in [2.05, 4.69) is 15.5 Å². The molecule has 0 spiro atoms.